The second kappa shape index (κ2) is 9.36. The predicted molar refractivity (Wildman–Crippen MR) is 106 cm³/mol. The number of amides is 2. The molecular weight excluding hydrogens is 373 g/mol. The molecular formula is C19H19Cl2N3O2. The van der Waals surface area contributed by atoms with Crippen LogP contribution in [0.1, 0.15) is 29.5 Å². The molecule has 0 saturated carbocycles. The number of carbonyl (C=O) groups excluding carboxylic acids is 2. The Morgan fingerprint density at radius 1 is 1.04 bits per heavy atom. The maximum absolute atomic E-state index is 12.0. The number of hydrogen-bond acceptors (Lipinski definition) is 3. The van der Waals surface area contributed by atoms with Crippen molar-refractivity contribution in [1.82, 2.24) is 5.43 Å². The van der Waals surface area contributed by atoms with E-state index in [2.05, 4.69) is 15.8 Å². The Bertz CT molecular complexity index is 851. The Kier molecular flexibility index (Phi) is 7.18. The van der Waals surface area contributed by atoms with E-state index in [4.69, 9.17) is 23.2 Å². The van der Waals surface area contributed by atoms with E-state index in [-0.39, 0.29) is 24.7 Å². The van der Waals surface area contributed by atoms with Crippen LogP contribution in [0.15, 0.2) is 41.5 Å². The highest BCUT2D eigenvalue weighted by atomic mass is 35.5. The molecule has 5 nitrogen and oxygen atoms in total. The Balaban J connectivity index is 1.79. The van der Waals surface area contributed by atoms with Crippen molar-refractivity contribution in [2.45, 2.75) is 26.7 Å². The highest BCUT2D eigenvalue weighted by Gasteiger charge is 2.08. The molecule has 0 aliphatic heterocycles. The van der Waals surface area contributed by atoms with Gasteiger partial charge >= 0.3 is 0 Å². The summed E-state index contributed by atoms with van der Waals surface area (Å²) in [4.78, 5) is 23.7. The third-order valence-corrected chi connectivity index (χ3v) is 4.15. The molecule has 136 valence electrons. The van der Waals surface area contributed by atoms with Crippen molar-refractivity contribution in [1.29, 1.82) is 0 Å². The molecule has 2 aromatic rings. The Morgan fingerprint density at radius 2 is 1.77 bits per heavy atom. The molecule has 0 atom stereocenters. The van der Waals surface area contributed by atoms with Gasteiger partial charge in [-0.2, -0.15) is 5.10 Å². The first-order valence-corrected chi connectivity index (χ1v) is 8.75. The molecule has 0 saturated heterocycles. The van der Waals surface area contributed by atoms with Crippen LogP contribution in [0.3, 0.4) is 0 Å². The van der Waals surface area contributed by atoms with E-state index in [1.807, 2.05) is 32.0 Å². The van der Waals surface area contributed by atoms with Gasteiger partial charge in [-0.25, -0.2) is 5.43 Å². The van der Waals surface area contributed by atoms with Crippen molar-refractivity contribution in [3.8, 4) is 0 Å². The number of benzene rings is 2. The van der Waals surface area contributed by atoms with Crippen LogP contribution in [-0.2, 0) is 9.59 Å². The van der Waals surface area contributed by atoms with Gasteiger partial charge in [-0.05, 0) is 37.6 Å². The summed E-state index contributed by atoms with van der Waals surface area (Å²) in [6.45, 7) is 3.91. The minimum atomic E-state index is -0.359. The average molecular weight is 392 g/mol. The average Bonchev–Trinajstić information content (AvgIpc) is 2.57. The molecule has 0 bridgehead atoms. The van der Waals surface area contributed by atoms with Crippen molar-refractivity contribution in [3.63, 3.8) is 0 Å². The molecule has 26 heavy (non-hydrogen) atoms. The van der Waals surface area contributed by atoms with Gasteiger partial charge in [0.05, 0.1) is 11.2 Å². The van der Waals surface area contributed by atoms with Crippen LogP contribution in [0.4, 0.5) is 5.69 Å². The highest BCUT2D eigenvalue weighted by molar-refractivity contribution is 6.36. The minimum absolute atomic E-state index is 0.0302. The smallest absolute Gasteiger partial charge is 0.240 e. The highest BCUT2D eigenvalue weighted by Crippen LogP contribution is 2.19. The predicted octanol–water partition coefficient (Wildman–Crippen LogP) is 4.48. The van der Waals surface area contributed by atoms with Gasteiger partial charge < -0.3 is 5.32 Å². The fraction of sp³-hybridized carbons (Fsp3) is 0.211. The Labute approximate surface area is 162 Å². The van der Waals surface area contributed by atoms with Gasteiger partial charge in [-0.3, -0.25) is 9.59 Å². The summed E-state index contributed by atoms with van der Waals surface area (Å²) in [7, 11) is 0. The van der Waals surface area contributed by atoms with Crippen molar-refractivity contribution in [2.75, 3.05) is 5.32 Å². The van der Waals surface area contributed by atoms with Gasteiger partial charge in [0.2, 0.25) is 11.8 Å². The lowest BCUT2D eigenvalue weighted by molar-refractivity contribution is -0.124. The molecule has 0 spiro atoms. The number of rotatable bonds is 6. The normalized spacial score (nSPS) is 10.8. The number of hydrazone groups is 1. The number of halogens is 2. The molecule has 0 aliphatic carbocycles. The lowest BCUT2D eigenvalue weighted by Gasteiger charge is -2.08. The second-order valence-corrected chi connectivity index (χ2v) is 6.67. The third kappa shape index (κ3) is 6.17. The number of hydrogen-bond donors (Lipinski definition) is 2. The van der Waals surface area contributed by atoms with E-state index in [9.17, 15) is 9.59 Å². The van der Waals surface area contributed by atoms with Gasteiger partial charge in [-0.1, -0.05) is 47.0 Å². The summed E-state index contributed by atoms with van der Waals surface area (Å²) >= 11 is 11.8. The van der Waals surface area contributed by atoms with Gasteiger partial charge in [0.15, 0.2) is 0 Å². The van der Waals surface area contributed by atoms with Crippen LogP contribution in [0.25, 0.3) is 0 Å². The van der Waals surface area contributed by atoms with Crippen molar-refractivity contribution < 1.29 is 9.59 Å². The minimum Gasteiger partial charge on any atom is -0.326 e. The van der Waals surface area contributed by atoms with Gasteiger partial charge in [0, 0.05) is 29.1 Å². The molecule has 0 fully saturated rings. The van der Waals surface area contributed by atoms with Crippen LogP contribution >= 0.6 is 23.2 Å². The van der Waals surface area contributed by atoms with E-state index in [1.165, 1.54) is 6.21 Å². The standard InChI is InChI=1S/C19H19Cl2N3O2/c1-12-3-6-17(13(2)9-12)23-18(25)7-8-19(26)24-22-11-14-4-5-15(20)10-16(14)21/h3-6,9-11H,7-8H2,1-2H3,(H,23,25)(H,24,26)/b22-11+. The van der Waals surface area contributed by atoms with Crippen LogP contribution in [0, 0.1) is 13.8 Å². The zero-order chi connectivity index (χ0) is 19.1. The largest absolute Gasteiger partial charge is 0.326 e. The Hall–Kier alpha value is -2.37. The molecule has 2 amide bonds. The topological polar surface area (TPSA) is 70.6 Å². The fourth-order valence-corrected chi connectivity index (χ4v) is 2.69. The lowest BCUT2D eigenvalue weighted by atomic mass is 10.1. The van der Waals surface area contributed by atoms with E-state index < -0.39 is 0 Å². The lowest BCUT2D eigenvalue weighted by Crippen LogP contribution is -2.20. The van der Waals surface area contributed by atoms with Gasteiger partial charge in [-0.15, -0.1) is 0 Å². The fourth-order valence-electron chi connectivity index (χ4n) is 2.23. The molecule has 0 aromatic heterocycles. The van der Waals surface area contributed by atoms with E-state index in [0.717, 1.165) is 16.8 Å². The first-order valence-electron chi connectivity index (χ1n) is 7.99. The number of carbonyl (C=O) groups is 2. The molecule has 2 N–H and O–H groups in total. The number of nitrogens with zero attached hydrogens (tertiary/aromatic N) is 1. The van der Waals surface area contributed by atoms with Crippen LogP contribution in [-0.4, -0.2) is 18.0 Å². The molecule has 2 rings (SSSR count). The number of anilines is 1. The summed E-state index contributed by atoms with van der Waals surface area (Å²) in [6, 6.07) is 10.7. The van der Waals surface area contributed by atoms with E-state index in [0.29, 0.717) is 15.6 Å². The number of nitrogens with one attached hydrogen (secondary N) is 2. The summed E-state index contributed by atoms with van der Waals surface area (Å²) in [5.41, 5.74) is 5.85. The second-order valence-electron chi connectivity index (χ2n) is 5.83. The first kappa shape index (κ1) is 19.9. The zero-order valence-electron chi connectivity index (χ0n) is 14.5. The van der Waals surface area contributed by atoms with Crippen molar-refractivity contribution >= 4 is 46.9 Å². The molecule has 0 radical (unpaired) electrons. The summed E-state index contributed by atoms with van der Waals surface area (Å²) in [5.74, 6) is -0.584. The van der Waals surface area contributed by atoms with Crippen LogP contribution in [0.2, 0.25) is 10.0 Å². The Morgan fingerprint density at radius 3 is 2.46 bits per heavy atom. The summed E-state index contributed by atoms with van der Waals surface area (Å²) < 4.78 is 0. The van der Waals surface area contributed by atoms with Gasteiger partial charge in [0.25, 0.3) is 0 Å². The monoisotopic (exact) mass is 391 g/mol. The third-order valence-electron chi connectivity index (χ3n) is 3.59. The zero-order valence-corrected chi connectivity index (χ0v) is 16.0. The SMILES string of the molecule is Cc1ccc(NC(=O)CCC(=O)N/N=C/c2ccc(Cl)cc2Cl)c(C)c1. The molecule has 0 aliphatic rings. The molecule has 0 unspecified atom stereocenters. The number of aryl methyl sites for hydroxylation is 2. The molecule has 0 heterocycles. The van der Waals surface area contributed by atoms with Crippen molar-refractivity contribution in [3.05, 3.63) is 63.1 Å². The molecule has 7 heteroatoms. The van der Waals surface area contributed by atoms with Crippen molar-refractivity contribution in [2.24, 2.45) is 5.10 Å². The van der Waals surface area contributed by atoms with E-state index >= 15 is 0 Å². The molecule has 2 aromatic carbocycles. The van der Waals surface area contributed by atoms with Gasteiger partial charge in [0.1, 0.15) is 0 Å². The maximum atomic E-state index is 12.0. The first-order chi connectivity index (χ1) is 12.3. The maximum Gasteiger partial charge on any atom is 0.240 e. The van der Waals surface area contributed by atoms with E-state index in [1.54, 1.807) is 18.2 Å². The summed E-state index contributed by atoms with van der Waals surface area (Å²) in [5, 5.41) is 7.59. The van der Waals surface area contributed by atoms with Crippen LogP contribution in [0.5, 0.6) is 0 Å². The quantitative estimate of drug-likeness (QED) is 0.562. The van der Waals surface area contributed by atoms with Crippen LogP contribution < -0.4 is 10.7 Å². The summed E-state index contributed by atoms with van der Waals surface area (Å²) in [6.07, 6.45) is 1.52.